The zero-order chi connectivity index (χ0) is 12.5. The number of rotatable bonds is 2. The van der Waals surface area contributed by atoms with E-state index in [1.165, 1.54) is 0 Å². The first-order chi connectivity index (χ1) is 7.23. The molecule has 1 aromatic rings. The van der Waals surface area contributed by atoms with Gasteiger partial charge >= 0.3 is 6.18 Å². The van der Waals surface area contributed by atoms with Crippen molar-refractivity contribution in [3.63, 3.8) is 0 Å². The Morgan fingerprint density at radius 1 is 1.31 bits per heavy atom. The van der Waals surface area contributed by atoms with Crippen LogP contribution in [0.25, 0.3) is 0 Å². The lowest BCUT2D eigenvalue weighted by molar-refractivity contribution is -0.138. The minimum atomic E-state index is -4.68. The van der Waals surface area contributed by atoms with Crippen LogP contribution in [-0.4, -0.2) is 14.9 Å². The molecule has 1 heterocycles. The van der Waals surface area contributed by atoms with E-state index in [2.05, 4.69) is 4.98 Å². The molecule has 1 aromatic heterocycles. The van der Waals surface area contributed by atoms with E-state index in [0.717, 1.165) is 0 Å². The molecular formula is C8H5Cl2F4NO. The van der Waals surface area contributed by atoms with Crippen molar-refractivity contribution in [2.75, 3.05) is 0 Å². The normalized spacial score (nSPS) is 14.2. The largest absolute Gasteiger partial charge is 0.417 e. The van der Waals surface area contributed by atoms with Gasteiger partial charge in [0.05, 0.1) is 5.56 Å². The summed E-state index contributed by atoms with van der Waals surface area (Å²) in [5.41, 5.74) is -1.87. The number of alkyl halides is 5. The highest BCUT2D eigenvalue weighted by molar-refractivity contribution is 6.44. The molecule has 0 aliphatic carbocycles. The smallest absolute Gasteiger partial charge is 0.385 e. The van der Waals surface area contributed by atoms with Gasteiger partial charge in [-0.05, 0) is 6.07 Å². The fourth-order valence-corrected chi connectivity index (χ4v) is 1.23. The monoisotopic (exact) mass is 277 g/mol. The van der Waals surface area contributed by atoms with E-state index in [-0.39, 0.29) is 0 Å². The van der Waals surface area contributed by atoms with Gasteiger partial charge in [0.1, 0.15) is 10.9 Å². The van der Waals surface area contributed by atoms with E-state index in [9.17, 15) is 22.7 Å². The number of aliphatic hydroxyl groups is 1. The van der Waals surface area contributed by atoms with Crippen molar-refractivity contribution in [1.29, 1.82) is 0 Å². The van der Waals surface area contributed by atoms with E-state index >= 15 is 0 Å². The van der Waals surface area contributed by atoms with Crippen LogP contribution in [-0.2, 0) is 6.18 Å². The molecule has 0 saturated carbocycles. The highest BCUT2D eigenvalue weighted by Crippen LogP contribution is 2.32. The third-order valence-electron chi connectivity index (χ3n) is 1.75. The minimum absolute atomic E-state index is 0.322. The maximum absolute atomic E-state index is 13.0. The van der Waals surface area contributed by atoms with Crippen molar-refractivity contribution in [3.8, 4) is 0 Å². The summed E-state index contributed by atoms with van der Waals surface area (Å²) in [7, 11) is 0. The molecule has 1 unspecified atom stereocenters. The second-order valence-electron chi connectivity index (χ2n) is 2.88. The van der Waals surface area contributed by atoms with Crippen molar-refractivity contribution >= 4 is 23.2 Å². The average molecular weight is 278 g/mol. The molecule has 0 fully saturated rings. The molecule has 90 valence electrons. The summed E-state index contributed by atoms with van der Waals surface area (Å²) in [6, 6.07) is 0.421. The van der Waals surface area contributed by atoms with Gasteiger partial charge in [0.2, 0.25) is 5.95 Å². The van der Waals surface area contributed by atoms with Crippen LogP contribution in [0.15, 0.2) is 12.3 Å². The van der Waals surface area contributed by atoms with Crippen LogP contribution < -0.4 is 0 Å². The molecular weight excluding hydrogens is 273 g/mol. The van der Waals surface area contributed by atoms with Crippen LogP contribution in [0.4, 0.5) is 17.6 Å². The van der Waals surface area contributed by atoms with Gasteiger partial charge in [-0.15, -0.1) is 23.2 Å². The highest BCUT2D eigenvalue weighted by atomic mass is 35.5. The molecule has 1 atom stereocenters. The predicted octanol–water partition coefficient (Wildman–Crippen LogP) is 3.08. The first-order valence-corrected chi connectivity index (χ1v) is 4.79. The molecule has 2 nitrogen and oxygen atoms in total. The van der Waals surface area contributed by atoms with E-state index in [1.807, 2.05) is 0 Å². The van der Waals surface area contributed by atoms with Crippen LogP contribution in [0.5, 0.6) is 0 Å². The Labute approximate surface area is 97.8 Å². The summed E-state index contributed by atoms with van der Waals surface area (Å²) in [5.74, 6) is -1.24. The van der Waals surface area contributed by atoms with E-state index in [0.29, 0.717) is 12.3 Å². The molecule has 0 amide bonds. The van der Waals surface area contributed by atoms with Gasteiger partial charge in [-0.3, -0.25) is 0 Å². The number of aliphatic hydroxyl groups excluding tert-OH is 1. The van der Waals surface area contributed by atoms with Crippen molar-refractivity contribution < 1.29 is 22.7 Å². The third kappa shape index (κ3) is 2.96. The van der Waals surface area contributed by atoms with Gasteiger partial charge in [-0.1, -0.05) is 0 Å². The van der Waals surface area contributed by atoms with Crippen molar-refractivity contribution in [2.24, 2.45) is 0 Å². The summed E-state index contributed by atoms with van der Waals surface area (Å²) in [6.07, 6.45) is -6.12. The van der Waals surface area contributed by atoms with Gasteiger partial charge in [-0.2, -0.15) is 17.6 Å². The number of hydrogen-bond acceptors (Lipinski definition) is 2. The lowest BCUT2D eigenvalue weighted by Crippen LogP contribution is -2.13. The first kappa shape index (κ1) is 13.5. The quantitative estimate of drug-likeness (QED) is 0.512. The maximum atomic E-state index is 13.0. The summed E-state index contributed by atoms with van der Waals surface area (Å²) in [5, 5.41) is 9.26. The molecule has 0 aliphatic rings. The number of aromatic nitrogens is 1. The molecule has 0 bridgehead atoms. The predicted molar refractivity (Wildman–Crippen MR) is 49.7 cm³/mol. The Kier molecular flexibility index (Phi) is 3.98. The molecule has 8 heteroatoms. The summed E-state index contributed by atoms with van der Waals surface area (Å²) < 4.78 is 49.8. The Morgan fingerprint density at radius 3 is 2.31 bits per heavy atom. The standard InChI is InChI=1S/C8H5Cl2F4NO/c9-6(10)5(16)4-1-3(8(12,13)14)2-15-7(4)11/h1-2,5-6,16H. The Balaban J connectivity index is 3.19. The topological polar surface area (TPSA) is 33.1 Å². The van der Waals surface area contributed by atoms with Crippen LogP contribution in [0.2, 0.25) is 0 Å². The fourth-order valence-electron chi connectivity index (χ4n) is 0.963. The SMILES string of the molecule is OC(c1cc(C(F)(F)F)cnc1F)C(Cl)Cl. The zero-order valence-corrected chi connectivity index (χ0v) is 8.98. The fraction of sp³-hybridized carbons (Fsp3) is 0.375. The highest BCUT2D eigenvalue weighted by Gasteiger charge is 2.33. The van der Waals surface area contributed by atoms with Gasteiger partial charge < -0.3 is 5.11 Å². The van der Waals surface area contributed by atoms with Crippen LogP contribution in [0, 0.1) is 5.95 Å². The van der Waals surface area contributed by atoms with Gasteiger partial charge in [0.25, 0.3) is 0 Å². The Hall–Kier alpha value is -0.590. The lowest BCUT2D eigenvalue weighted by atomic mass is 10.1. The van der Waals surface area contributed by atoms with E-state index < -0.39 is 34.2 Å². The number of halogens is 6. The molecule has 1 N–H and O–H groups in total. The lowest BCUT2D eigenvalue weighted by Gasteiger charge is -2.14. The van der Waals surface area contributed by atoms with Crippen molar-refractivity contribution in [2.45, 2.75) is 17.1 Å². The van der Waals surface area contributed by atoms with E-state index in [4.69, 9.17) is 23.2 Å². The Morgan fingerprint density at radius 2 is 1.88 bits per heavy atom. The zero-order valence-electron chi connectivity index (χ0n) is 7.47. The maximum Gasteiger partial charge on any atom is 0.417 e. The molecule has 0 saturated heterocycles. The molecule has 16 heavy (non-hydrogen) atoms. The second kappa shape index (κ2) is 4.73. The third-order valence-corrected chi connectivity index (χ3v) is 2.23. The Bertz CT molecular complexity index is 383. The van der Waals surface area contributed by atoms with E-state index in [1.54, 1.807) is 0 Å². The van der Waals surface area contributed by atoms with Crippen LogP contribution >= 0.6 is 23.2 Å². The first-order valence-electron chi connectivity index (χ1n) is 3.92. The van der Waals surface area contributed by atoms with Crippen LogP contribution in [0.3, 0.4) is 0 Å². The van der Waals surface area contributed by atoms with Crippen molar-refractivity contribution in [1.82, 2.24) is 4.98 Å². The molecule has 1 rings (SSSR count). The second-order valence-corrected chi connectivity index (χ2v) is 4.04. The van der Waals surface area contributed by atoms with Gasteiger partial charge in [0, 0.05) is 11.8 Å². The van der Waals surface area contributed by atoms with Crippen LogP contribution in [0.1, 0.15) is 17.2 Å². The number of pyridine rings is 1. The summed E-state index contributed by atoms with van der Waals surface area (Å²) in [4.78, 5) is 1.44. The molecule has 0 spiro atoms. The van der Waals surface area contributed by atoms with Gasteiger partial charge in [0.15, 0.2) is 0 Å². The number of hydrogen-bond donors (Lipinski definition) is 1. The summed E-state index contributed by atoms with van der Waals surface area (Å²) in [6.45, 7) is 0. The number of nitrogens with zero attached hydrogens (tertiary/aromatic N) is 1. The van der Waals surface area contributed by atoms with Crippen molar-refractivity contribution in [3.05, 3.63) is 29.3 Å². The van der Waals surface area contributed by atoms with Gasteiger partial charge in [-0.25, -0.2) is 4.98 Å². The molecule has 0 aromatic carbocycles. The molecule has 0 aliphatic heterocycles. The summed E-state index contributed by atoms with van der Waals surface area (Å²) >= 11 is 10.5. The molecule has 0 radical (unpaired) electrons. The average Bonchev–Trinajstić information content (AvgIpc) is 2.15. The minimum Gasteiger partial charge on any atom is -0.385 e.